The SMILES string of the molecule is COC(=O)c1cc(-c2cc(F)c(OC)cc2C(=O)O)n(C)c1C. The highest BCUT2D eigenvalue weighted by Crippen LogP contribution is 2.32. The lowest BCUT2D eigenvalue weighted by Gasteiger charge is -2.11. The van der Waals surface area contributed by atoms with Gasteiger partial charge in [-0.3, -0.25) is 0 Å². The first-order valence-electron chi connectivity index (χ1n) is 6.67. The minimum absolute atomic E-state index is 0.125. The lowest BCUT2D eigenvalue weighted by molar-refractivity contribution is 0.0599. The van der Waals surface area contributed by atoms with Gasteiger partial charge >= 0.3 is 11.9 Å². The molecule has 2 aromatic rings. The molecule has 1 aromatic carbocycles. The summed E-state index contributed by atoms with van der Waals surface area (Å²) in [5.41, 5.74) is 1.29. The highest BCUT2D eigenvalue weighted by molar-refractivity contribution is 5.98. The van der Waals surface area contributed by atoms with E-state index in [9.17, 15) is 19.1 Å². The molecule has 0 aliphatic rings. The third-order valence-electron chi connectivity index (χ3n) is 3.74. The lowest BCUT2D eigenvalue weighted by atomic mass is 10.0. The van der Waals surface area contributed by atoms with Crippen molar-refractivity contribution in [3.05, 3.63) is 40.8 Å². The molecule has 0 fully saturated rings. The number of hydrogen-bond donors (Lipinski definition) is 1. The van der Waals surface area contributed by atoms with E-state index in [1.807, 2.05) is 0 Å². The third kappa shape index (κ3) is 2.77. The Morgan fingerprint density at radius 1 is 1.17 bits per heavy atom. The highest BCUT2D eigenvalue weighted by Gasteiger charge is 2.22. The molecule has 0 saturated heterocycles. The van der Waals surface area contributed by atoms with Crippen LogP contribution in [0.15, 0.2) is 18.2 Å². The molecule has 6 nitrogen and oxygen atoms in total. The molecule has 0 radical (unpaired) electrons. The number of esters is 1. The van der Waals surface area contributed by atoms with Crippen LogP contribution in [0.25, 0.3) is 11.3 Å². The minimum atomic E-state index is -1.23. The van der Waals surface area contributed by atoms with Gasteiger partial charge < -0.3 is 19.1 Å². The largest absolute Gasteiger partial charge is 0.494 e. The zero-order valence-electron chi connectivity index (χ0n) is 13.1. The van der Waals surface area contributed by atoms with Crippen LogP contribution in [0, 0.1) is 12.7 Å². The van der Waals surface area contributed by atoms with E-state index in [-0.39, 0.29) is 22.4 Å². The molecule has 23 heavy (non-hydrogen) atoms. The molecule has 2 rings (SSSR count). The van der Waals surface area contributed by atoms with Gasteiger partial charge in [-0.15, -0.1) is 0 Å². The van der Waals surface area contributed by atoms with E-state index >= 15 is 0 Å². The van der Waals surface area contributed by atoms with Crippen molar-refractivity contribution in [3.8, 4) is 17.0 Å². The second-order valence-corrected chi connectivity index (χ2v) is 4.92. The van der Waals surface area contributed by atoms with Crippen LogP contribution in [0.4, 0.5) is 4.39 Å². The summed E-state index contributed by atoms with van der Waals surface area (Å²) in [6.07, 6.45) is 0. The molecular weight excluding hydrogens is 305 g/mol. The standard InChI is InChI=1S/C16H16FNO5/c1-8-9(16(21)23-4)6-13(18(8)2)10-5-12(17)14(22-3)7-11(10)15(19)20/h5-7H,1-4H3,(H,19,20). The van der Waals surface area contributed by atoms with Gasteiger partial charge in [0.2, 0.25) is 0 Å². The summed E-state index contributed by atoms with van der Waals surface area (Å²) in [5.74, 6) is -2.62. The van der Waals surface area contributed by atoms with E-state index < -0.39 is 17.8 Å². The fourth-order valence-corrected chi connectivity index (χ4v) is 2.37. The van der Waals surface area contributed by atoms with Crippen LogP contribution in [0.3, 0.4) is 0 Å². The summed E-state index contributed by atoms with van der Waals surface area (Å²) in [7, 11) is 4.17. The van der Waals surface area contributed by atoms with Crippen molar-refractivity contribution in [2.24, 2.45) is 7.05 Å². The lowest BCUT2D eigenvalue weighted by Crippen LogP contribution is -2.05. The van der Waals surface area contributed by atoms with Crippen LogP contribution in [0.5, 0.6) is 5.75 Å². The second kappa shape index (κ2) is 6.12. The molecule has 1 N–H and O–H groups in total. The Hall–Kier alpha value is -2.83. The summed E-state index contributed by atoms with van der Waals surface area (Å²) in [6.45, 7) is 1.69. The van der Waals surface area contributed by atoms with Gasteiger partial charge in [-0.25, -0.2) is 14.0 Å². The van der Waals surface area contributed by atoms with E-state index in [0.29, 0.717) is 11.4 Å². The van der Waals surface area contributed by atoms with Gasteiger partial charge in [0.15, 0.2) is 11.6 Å². The molecule has 0 atom stereocenters. The Balaban J connectivity index is 2.74. The first-order chi connectivity index (χ1) is 10.8. The molecule has 1 aromatic heterocycles. The predicted molar refractivity (Wildman–Crippen MR) is 80.4 cm³/mol. The van der Waals surface area contributed by atoms with E-state index in [1.54, 1.807) is 18.5 Å². The van der Waals surface area contributed by atoms with Crippen molar-refractivity contribution in [2.45, 2.75) is 6.92 Å². The summed E-state index contributed by atoms with van der Waals surface area (Å²) in [4.78, 5) is 23.3. The van der Waals surface area contributed by atoms with Gasteiger partial charge in [0.25, 0.3) is 0 Å². The first-order valence-corrected chi connectivity index (χ1v) is 6.67. The zero-order valence-corrected chi connectivity index (χ0v) is 13.1. The highest BCUT2D eigenvalue weighted by atomic mass is 19.1. The number of carboxylic acid groups (broad SMARTS) is 1. The molecule has 0 saturated carbocycles. The molecule has 0 aliphatic carbocycles. The maximum absolute atomic E-state index is 14.0. The van der Waals surface area contributed by atoms with Crippen molar-refractivity contribution in [3.63, 3.8) is 0 Å². The molecule has 0 bridgehead atoms. The average Bonchev–Trinajstić information content (AvgIpc) is 2.82. The minimum Gasteiger partial charge on any atom is -0.494 e. The van der Waals surface area contributed by atoms with Gasteiger partial charge in [0.1, 0.15) is 0 Å². The van der Waals surface area contributed by atoms with Crippen LogP contribution in [0.2, 0.25) is 0 Å². The maximum atomic E-state index is 14.0. The predicted octanol–water partition coefficient (Wildman–Crippen LogP) is 2.63. The fraction of sp³-hybridized carbons (Fsp3) is 0.250. The molecule has 0 unspecified atom stereocenters. The van der Waals surface area contributed by atoms with Gasteiger partial charge in [-0.05, 0) is 25.1 Å². The number of aromatic carboxylic acids is 1. The summed E-state index contributed by atoms with van der Waals surface area (Å²) in [5, 5.41) is 9.38. The van der Waals surface area contributed by atoms with Crippen LogP contribution in [-0.4, -0.2) is 35.8 Å². The molecule has 7 heteroatoms. The Morgan fingerprint density at radius 2 is 1.83 bits per heavy atom. The van der Waals surface area contributed by atoms with Gasteiger partial charge in [-0.2, -0.15) is 0 Å². The summed E-state index contributed by atoms with van der Waals surface area (Å²) < 4.78 is 25.2. The number of methoxy groups -OCH3 is 2. The average molecular weight is 321 g/mol. The quantitative estimate of drug-likeness (QED) is 0.876. The number of benzene rings is 1. The van der Waals surface area contributed by atoms with Crippen LogP contribution >= 0.6 is 0 Å². The topological polar surface area (TPSA) is 77.8 Å². The van der Waals surface area contributed by atoms with E-state index in [2.05, 4.69) is 0 Å². The normalized spacial score (nSPS) is 10.5. The van der Waals surface area contributed by atoms with Crippen LogP contribution < -0.4 is 4.74 Å². The second-order valence-electron chi connectivity index (χ2n) is 4.92. The number of aromatic nitrogens is 1. The van der Waals surface area contributed by atoms with Crippen molar-refractivity contribution in [1.82, 2.24) is 4.57 Å². The molecule has 122 valence electrons. The smallest absolute Gasteiger partial charge is 0.339 e. The summed E-state index contributed by atoms with van der Waals surface area (Å²) in [6, 6.07) is 3.68. The first kappa shape index (κ1) is 16.5. The number of carboxylic acids is 1. The van der Waals surface area contributed by atoms with Crippen molar-refractivity contribution in [1.29, 1.82) is 0 Å². The number of rotatable bonds is 4. The molecule has 0 spiro atoms. The van der Waals surface area contributed by atoms with Gasteiger partial charge in [0, 0.05) is 24.0 Å². The number of halogens is 1. The van der Waals surface area contributed by atoms with Crippen molar-refractivity contribution in [2.75, 3.05) is 14.2 Å². The monoisotopic (exact) mass is 321 g/mol. The van der Waals surface area contributed by atoms with E-state index in [1.165, 1.54) is 20.3 Å². The van der Waals surface area contributed by atoms with E-state index in [4.69, 9.17) is 9.47 Å². The van der Waals surface area contributed by atoms with Gasteiger partial charge in [0.05, 0.1) is 25.3 Å². The molecule has 0 amide bonds. The number of carbonyl (C=O) groups excluding carboxylic acids is 1. The van der Waals surface area contributed by atoms with E-state index in [0.717, 1.165) is 12.1 Å². The Labute approximate surface area is 132 Å². The third-order valence-corrected chi connectivity index (χ3v) is 3.74. The zero-order chi connectivity index (χ0) is 17.3. The number of hydrogen-bond acceptors (Lipinski definition) is 4. The van der Waals surface area contributed by atoms with Crippen LogP contribution in [-0.2, 0) is 11.8 Å². The maximum Gasteiger partial charge on any atom is 0.339 e. The molecule has 0 aliphatic heterocycles. The fourth-order valence-electron chi connectivity index (χ4n) is 2.37. The number of ether oxygens (including phenoxy) is 2. The van der Waals surface area contributed by atoms with Crippen molar-refractivity contribution < 1.29 is 28.6 Å². The Kier molecular flexibility index (Phi) is 4.40. The Morgan fingerprint density at radius 3 is 2.35 bits per heavy atom. The van der Waals surface area contributed by atoms with Gasteiger partial charge in [-0.1, -0.05) is 0 Å². The van der Waals surface area contributed by atoms with Crippen molar-refractivity contribution >= 4 is 11.9 Å². The molecule has 1 heterocycles. The number of nitrogens with zero attached hydrogens (tertiary/aromatic N) is 1. The van der Waals surface area contributed by atoms with Crippen LogP contribution in [0.1, 0.15) is 26.4 Å². The molecular formula is C16H16FNO5. The summed E-state index contributed by atoms with van der Waals surface area (Å²) >= 11 is 0. The number of carbonyl (C=O) groups is 2. The Bertz CT molecular complexity index is 794.